The molecule has 0 unspecified atom stereocenters. The van der Waals surface area contributed by atoms with E-state index in [0.717, 1.165) is 25.7 Å². The van der Waals surface area contributed by atoms with Crippen LogP contribution in [0.3, 0.4) is 0 Å². The maximum atomic E-state index is 5.38. The lowest BCUT2D eigenvalue weighted by atomic mass is 10.00. The predicted molar refractivity (Wildman–Crippen MR) is 68.8 cm³/mol. The van der Waals surface area contributed by atoms with Crippen molar-refractivity contribution in [3.05, 3.63) is 0 Å². The fourth-order valence-corrected chi connectivity index (χ4v) is 2.16. The van der Waals surface area contributed by atoms with Crippen molar-refractivity contribution in [2.45, 2.75) is 32.6 Å². The molecule has 0 bridgehead atoms. The number of unbranched alkanes of at least 4 members (excludes halogenated alkanes) is 1. The van der Waals surface area contributed by atoms with Crippen LogP contribution in [-0.2, 0) is 4.74 Å². The molecular weight excluding hydrogens is 200 g/mol. The molecule has 16 heavy (non-hydrogen) atoms. The fraction of sp³-hybridized carbons (Fsp3) is 1.00. The summed E-state index contributed by atoms with van der Waals surface area (Å²) in [6.07, 6.45) is 5.07. The van der Waals surface area contributed by atoms with Gasteiger partial charge in [0.25, 0.3) is 0 Å². The molecule has 0 aromatic carbocycles. The van der Waals surface area contributed by atoms with E-state index < -0.39 is 0 Å². The van der Waals surface area contributed by atoms with Gasteiger partial charge in [0.05, 0.1) is 0 Å². The molecule has 1 N–H and O–H groups in total. The first-order valence-electron chi connectivity index (χ1n) is 6.80. The number of hydrogen-bond acceptors (Lipinski definition) is 3. The highest BCUT2D eigenvalue weighted by Crippen LogP contribution is 2.15. The molecule has 96 valence electrons. The largest absolute Gasteiger partial charge is 0.381 e. The molecule has 3 heteroatoms. The summed E-state index contributed by atoms with van der Waals surface area (Å²) in [5.41, 5.74) is 0. The van der Waals surface area contributed by atoms with Crippen LogP contribution in [0.25, 0.3) is 0 Å². The van der Waals surface area contributed by atoms with Gasteiger partial charge in [-0.15, -0.1) is 0 Å². The molecule has 0 spiro atoms. The summed E-state index contributed by atoms with van der Waals surface area (Å²) in [7, 11) is 2.23. The zero-order valence-corrected chi connectivity index (χ0v) is 11.0. The molecule has 0 aliphatic carbocycles. The third-order valence-corrected chi connectivity index (χ3v) is 3.29. The van der Waals surface area contributed by atoms with Crippen molar-refractivity contribution in [3.63, 3.8) is 0 Å². The van der Waals surface area contributed by atoms with Crippen molar-refractivity contribution < 1.29 is 4.74 Å². The Morgan fingerprint density at radius 3 is 2.69 bits per heavy atom. The quantitative estimate of drug-likeness (QED) is 0.640. The number of nitrogens with one attached hydrogen (secondary N) is 1. The third-order valence-electron chi connectivity index (χ3n) is 3.29. The Kier molecular flexibility index (Phi) is 7.81. The van der Waals surface area contributed by atoms with Gasteiger partial charge in [0.1, 0.15) is 0 Å². The summed E-state index contributed by atoms with van der Waals surface area (Å²) < 4.78 is 5.38. The van der Waals surface area contributed by atoms with Crippen molar-refractivity contribution in [1.29, 1.82) is 0 Å². The van der Waals surface area contributed by atoms with E-state index in [4.69, 9.17) is 4.74 Å². The van der Waals surface area contributed by atoms with Crippen LogP contribution in [0.2, 0.25) is 0 Å². The minimum absolute atomic E-state index is 0.856. The van der Waals surface area contributed by atoms with Crippen LogP contribution < -0.4 is 5.32 Å². The highest BCUT2D eigenvalue weighted by Gasteiger charge is 2.15. The zero-order chi connectivity index (χ0) is 11.6. The van der Waals surface area contributed by atoms with Gasteiger partial charge in [0, 0.05) is 32.8 Å². The molecule has 1 rings (SSSR count). The van der Waals surface area contributed by atoms with E-state index in [-0.39, 0.29) is 0 Å². The van der Waals surface area contributed by atoms with E-state index in [1.807, 2.05) is 0 Å². The van der Waals surface area contributed by atoms with Crippen molar-refractivity contribution in [3.8, 4) is 0 Å². The van der Waals surface area contributed by atoms with Crippen LogP contribution in [0, 0.1) is 5.92 Å². The first-order valence-corrected chi connectivity index (χ1v) is 6.80. The molecule has 1 heterocycles. The second kappa shape index (κ2) is 8.97. The summed E-state index contributed by atoms with van der Waals surface area (Å²) in [6.45, 7) is 8.86. The lowest BCUT2D eigenvalue weighted by Crippen LogP contribution is -2.34. The Hall–Kier alpha value is -0.120. The maximum Gasteiger partial charge on any atom is 0.0469 e. The topological polar surface area (TPSA) is 24.5 Å². The molecule has 1 fully saturated rings. The van der Waals surface area contributed by atoms with Gasteiger partial charge in [-0.3, -0.25) is 0 Å². The van der Waals surface area contributed by atoms with Gasteiger partial charge >= 0.3 is 0 Å². The number of ether oxygens (including phenoxy) is 1. The van der Waals surface area contributed by atoms with Crippen molar-refractivity contribution in [2.75, 3.05) is 46.4 Å². The Morgan fingerprint density at radius 1 is 1.25 bits per heavy atom. The molecular formula is C13H28N2O. The van der Waals surface area contributed by atoms with Crippen LogP contribution in [0.4, 0.5) is 0 Å². The van der Waals surface area contributed by atoms with Crippen LogP contribution in [0.15, 0.2) is 0 Å². The van der Waals surface area contributed by atoms with Gasteiger partial charge in [-0.25, -0.2) is 0 Å². The summed E-state index contributed by atoms with van der Waals surface area (Å²) >= 11 is 0. The minimum atomic E-state index is 0.856. The monoisotopic (exact) mass is 228 g/mol. The first-order chi connectivity index (χ1) is 7.83. The standard InChI is InChI=1S/C13H28N2O/c1-3-4-7-14-8-9-15(2)12-13-5-10-16-11-6-13/h13-14H,3-12H2,1-2H3. The number of hydrogen-bond donors (Lipinski definition) is 1. The molecule has 0 atom stereocenters. The summed E-state index contributed by atoms with van der Waals surface area (Å²) in [5, 5.41) is 3.49. The summed E-state index contributed by atoms with van der Waals surface area (Å²) in [6, 6.07) is 0. The van der Waals surface area contributed by atoms with E-state index >= 15 is 0 Å². The summed E-state index contributed by atoms with van der Waals surface area (Å²) in [5.74, 6) is 0.856. The van der Waals surface area contributed by atoms with Crippen LogP contribution in [0.5, 0.6) is 0 Å². The van der Waals surface area contributed by atoms with E-state index in [2.05, 4.69) is 24.2 Å². The molecule has 3 nitrogen and oxygen atoms in total. The Morgan fingerprint density at radius 2 is 2.00 bits per heavy atom. The molecule has 0 aromatic rings. The number of rotatable bonds is 8. The number of nitrogens with zero attached hydrogens (tertiary/aromatic N) is 1. The average molecular weight is 228 g/mol. The molecule has 0 aromatic heterocycles. The second-order valence-electron chi connectivity index (χ2n) is 4.92. The highest BCUT2D eigenvalue weighted by molar-refractivity contribution is 4.67. The molecule has 0 saturated carbocycles. The number of likely N-dealkylation sites (N-methyl/N-ethyl adjacent to an activating group) is 1. The molecule has 1 aliphatic rings. The smallest absolute Gasteiger partial charge is 0.0469 e. The predicted octanol–water partition coefficient (Wildman–Crippen LogP) is 1.73. The molecule has 0 radical (unpaired) electrons. The maximum absolute atomic E-state index is 5.38. The lowest BCUT2D eigenvalue weighted by Gasteiger charge is -2.27. The van der Waals surface area contributed by atoms with Crippen LogP contribution in [-0.4, -0.2) is 51.3 Å². The van der Waals surface area contributed by atoms with Crippen molar-refractivity contribution >= 4 is 0 Å². The Labute approximate surface area is 101 Å². The van der Waals surface area contributed by atoms with Gasteiger partial charge in [0.2, 0.25) is 0 Å². The lowest BCUT2D eigenvalue weighted by molar-refractivity contribution is 0.0558. The average Bonchev–Trinajstić information content (AvgIpc) is 2.30. The van der Waals surface area contributed by atoms with Crippen molar-refractivity contribution in [1.82, 2.24) is 10.2 Å². The van der Waals surface area contributed by atoms with E-state index in [1.165, 1.54) is 45.3 Å². The SMILES string of the molecule is CCCCNCCN(C)CC1CCOCC1. The normalized spacial score (nSPS) is 18.2. The Balaban J connectivity index is 1.95. The molecule has 1 aliphatic heterocycles. The zero-order valence-electron chi connectivity index (χ0n) is 11.0. The minimum Gasteiger partial charge on any atom is -0.381 e. The van der Waals surface area contributed by atoms with E-state index in [0.29, 0.717) is 0 Å². The first kappa shape index (κ1) is 13.9. The van der Waals surface area contributed by atoms with Gasteiger partial charge < -0.3 is 15.0 Å². The fourth-order valence-electron chi connectivity index (χ4n) is 2.16. The van der Waals surface area contributed by atoms with Gasteiger partial charge in [0.15, 0.2) is 0 Å². The van der Waals surface area contributed by atoms with Crippen LogP contribution >= 0.6 is 0 Å². The van der Waals surface area contributed by atoms with Crippen LogP contribution in [0.1, 0.15) is 32.6 Å². The van der Waals surface area contributed by atoms with E-state index in [9.17, 15) is 0 Å². The van der Waals surface area contributed by atoms with Gasteiger partial charge in [-0.2, -0.15) is 0 Å². The van der Waals surface area contributed by atoms with Gasteiger partial charge in [-0.1, -0.05) is 13.3 Å². The second-order valence-corrected chi connectivity index (χ2v) is 4.92. The highest BCUT2D eigenvalue weighted by atomic mass is 16.5. The Bertz CT molecular complexity index is 158. The van der Waals surface area contributed by atoms with Crippen molar-refractivity contribution in [2.24, 2.45) is 5.92 Å². The van der Waals surface area contributed by atoms with Gasteiger partial charge in [-0.05, 0) is 38.8 Å². The molecule has 1 saturated heterocycles. The third kappa shape index (κ3) is 6.46. The molecule has 0 amide bonds. The summed E-state index contributed by atoms with van der Waals surface area (Å²) in [4.78, 5) is 2.45. The van der Waals surface area contributed by atoms with E-state index in [1.54, 1.807) is 0 Å².